The van der Waals surface area contributed by atoms with E-state index in [9.17, 15) is 4.79 Å². The minimum Gasteiger partial charge on any atom is -1.00 e. The summed E-state index contributed by atoms with van der Waals surface area (Å²) in [6.07, 6.45) is 3.70. The van der Waals surface area contributed by atoms with Crippen molar-refractivity contribution in [3.63, 3.8) is 0 Å². The van der Waals surface area contributed by atoms with Gasteiger partial charge in [-0.25, -0.2) is 4.79 Å². The fourth-order valence-corrected chi connectivity index (χ4v) is 5.27. The summed E-state index contributed by atoms with van der Waals surface area (Å²) in [5.41, 5.74) is 6.30. The Hall–Kier alpha value is -3.78. The number of ether oxygens (including phenoxy) is 5. The van der Waals surface area contributed by atoms with Crippen molar-refractivity contribution >= 4 is 16.7 Å². The molecule has 0 radical (unpaired) electrons. The number of carbonyl (C=O) groups excluding carboxylic acids is 1. The molecule has 37 heavy (non-hydrogen) atoms. The standard InChI is InChI=1S/C29H26NO6.BrH/c1-32-24-9-8-20-22(12-17-4-6-18(7-5-17)29(31)34-3)27-21-14-26-25(35-16-36-26)13-19(21)10-11-30(27)15-23(20)28(24)33-2;/h4-9,13-15H,10-12,16H2,1-3H3;1H/q+1;/p-1. The van der Waals surface area contributed by atoms with E-state index in [1.165, 1.54) is 18.2 Å². The van der Waals surface area contributed by atoms with E-state index in [0.29, 0.717) is 23.5 Å². The molecule has 3 aromatic carbocycles. The third-order valence-electron chi connectivity index (χ3n) is 7.00. The Balaban J connectivity index is 0.00000280. The van der Waals surface area contributed by atoms with E-state index in [4.69, 9.17) is 23.7 Å². The first-order valence-electron chi connectivity index (χ1n) is 11.8. The largest absolute Gasteiger partial charge is 1.00 e. The van der Waals surface area contributed by atoms with Gasteiger partial charge in [-0.05, 0) is 47.5 Å². The number of esters is 1. The smallest absolute Gasteiger partial charge is 0.337 e. The fourth-order valence-electron chi connectivity index (χ4n) is 5.27. The van der Waals surface area contributed by atoms with Crippen LogP contribution in [0.2, 0.25) is 0 Å². The second-order valence-corrected chi connectivity index (χ2v) is 8.89. The second-order valence-electron chi connectivity index (χ2n) is 8.89. The molecule has 1 aromatic heterocycles. The third-order valence-corrected chi connectivity index (χ3v) is 7.00. The fraction of sp³-hybridized carbons (Fsp3) is 0.241. The number of benzene rings is 3. The van der Waals surface area contributed by atoms with Crippen LogP contribution in [-0.2, 0) is 24.1 Å². The van der Waals surface area contributed by atoms with E-state index in [2.05, 4.69) is 29.0 Å². The van der Waals surface area contributed by atoms with Crippen LogP contribution in [0.4, 0.5) is 0 Å². The first kappa shape index (κ1) is 24.9. The maximum atomic E-state index is 11.9. The molecule has 0 saturated carbocycles. The molecule has 7 nitrogen and oxygen atoms in total. The van der Waals surface area contributed by atoms with Crippen molar-refractivity contribution in [2.75, 3.05) is 28.1 Å². The molecule has 0 saturated heterocycles. The van der Waals surface area contributed by atoms with Gasteiger partial charge >= 0.3 is 5.97 Å². The monoisotopic (exact) mass is 563 g/mol. The van der Waals surface area contributed by atoms with Gasteiger partial charge in [-0.3, -0.25) is 0 Å². The lowest BCUT2D eigenvalue weighted by Gasteiger charge is -2.21. The summed E-state index contributed by atoms with van der Waals surface area (Å²) in [5, 5.41) is 2.08. The average molecular weight is 564 g/mol. The normalized spacial score (nSPS) is 12.8. The van der Waals surface area contributed by atoms with Crippen molar-refractivity contribution in [3.8, 4) is 34.3 Å². The highest BCUT2D eigenvalue weighted by atomic mass is 79.9. The summed E-state index contributed by atoms with van der Waals surface area (Å²) in [5.74, 6) is 2.63. The molecule has 0 spiro atoms. The molecular weight excluding hydrogens is 538 g/mol. The number of hydrogen-bond donors (Lipinski definition) is 0. The van der Waals surface area contributed by atoms with Crippen molar-refractivity contribution in [3.05, 3.63) is 77.0 Å². The molecule has 8 heteroatoms. The second kappa shape index (κ2) is 9.94. The zero-order valence-corrected chi connectivity index (χ0v) is 22.4. The molecular formula is C29H26BrNO6. The van der Waals surface area contributed by atoms with Gasteiger partial charge in [0.05, 0.1) is 37.8 Å². The topological polar surface area (TPSA) is 67.1 Å². The van der Waals surface area contributed by atoms with Crippen LogP contribution in [0.1, 0.15) is 27.0 Å². The number of fused-ring (bicyclic) bond motifs is 5. The minimum absolute atomic E-state index is 0. The molecule has 2 aliphatic heterocycles. The van der Waals surface area contributed by atoms with Crippen LogP contribution < -0.4 is 40.5 Å². The van der Waals surface area contributed by atoms with Crippen LogP contribution >= 0.6 is 0 Å². The maximum absolute atomic E-state index is 11.9. The summed E-state index contributed by atoms with van der Waals surface area (Å²) < 4.78 is 29.9. The van der Waals surface area contributed by atoms with Crippen LogP contribution in [0.25, 0.3) is 22.0 Å². The predicted octanol–water partition coefficient (Wildman–Crippen LogP) is 1.48. The van der Waals surface area contributed by atoms with Crippen molar-refractivity contribution in [1.29, 1.82) is 0 Å². The number of rotatable bonds is 5. The van der Waals surface area contributed by atoms with E-state index >= 15 is 0 Å². The van der Waals surface area contributed by atoms with Crippen LogP contribution in [-0.4, -0.2) is 34.1 Å². The van der Waals surface area contributed by atoms with Gasteiger partial charge in [0.25, 0.3) is 0 Å². The molecule has 4 aromatic rings. The first-order valence-corrected chi connectivity index (χ1v) is 11.8. The average Bonchev–Trinajstić information content (AvgIpc) is 3.38. The van der Waals surface area contributed by atoms with Crippen LogP contribution in [0.15, 0.2) is 54.7 Å². The van der Waals surface area contributed by atoms with E-state index < -0.39 is 0 Å². The van der Waals surface area contributed by atoms with E-state index in [0.717, 1.165) is 52.1 Å². The molecule has 0 amide bonds. The summed E-state index contributed by atoms with van der Waals surface area (Å²) in [4.78, 5) is 11.9. The lowest BCUT2D eigenvalue weighted by atomic mass is 9.88. The molecule has 2 aliphatic rings. The SMILES string of the molecule is COC(=O)c1ccc(Cc2c3[n+](cc4c(OC)c(OC)ccc24)CCc2cc4c(cc2-3)OCO4)cc1.[Br-]. The van der Waals surface area contributed by atoms with Gasteiger partial charge < -0.3 is 40.7 Å². The highest BCUT2D eigenvalue weighted by molar-refractivity contribution is 5.95. The Kier molecular flexibility index (Phi) is 6.69. The third kappa shape index (κ3) is 4.15. The van der Waals surface area contributed by atoms with E-state index in [1.807, 2.05) is 30.3 Å². The number of hydrogen-bond acceptors (Lipinski definition) is 6. The number of aryl methyl sites for hydroxylation is 2. The van der Waals surface area contributed by atoms with Crippen molar-refractivity contribution < 1.29 is 50.0 Å². The molecule has 0 unspecified atom stereocenters. The van der Waals surface area contributed by atoms with Crippen molar-refractivity contribution in [2.45, 2.75) is 19.4 Å². The number of nitrogens with zero attached hydrogens (tertiary/aromatic N) is 1. The van der Waals surface area contributed by atoms with Gasteiger partial charge in [0, 0.05) is 23.8 Å². The van der Waals surface area contributed by atoms with Gasteiger partial charge in [-0.1, -0.05) is 12.1 Å². The van der Waals surface area contributed by atoms with Gasteiger partial charge in [0.2, 0.25) is 12.5 Å². The molecule has 0 bridgehead atoms. The Morgan fingerprint density at radius 1 is 0.946 bits per heavy atom. The Morgan fingerprint density at radius 2 is 1.70 bits per heavy atom. The zero-order chi connectivity index (χ0) is 24.8. The number of carbonyl (C=O) groups is 1. The molecule has 0 aliphatic carbocycles. The van der Waals surface area contributed by atoms with Gasteiger partial charge in [0.1, 0.15) is 0 Å². The van der Waals surface area contributed by atoms with Crippen LogP contribution in [0.5, 0.6) is 23.0 Å². The molecule has 0 atom stereocenters. The summed E-state index contributed by atoms with van der Waals surface area (Å²) in [6, 6.07) is 15.8. The number of methoxy groups -OCH3 is 3. The molecule has 190 valence electrons. The lowest BCUT2D eigenvalue weighted by Crippen LogP contribution is -3.00. The zero-order valence-electron chi connectivity index (χ0n) is 20.8. The first-order chi connectivity index (χ1) is 17.6. The summed E-state index contributed by atoms with van der Waals surface area (Å²) in [7, 11) is 4.71. The number of aromatic nitrogens is 1. The summed E-state index contributed by atoms with van der Waals surface area (Å²) in [6.45, 7) is 1.07. The Labute approximate surface area is 225 Å². The van der Waals surface area contributed by atoms with E-state index in [1.54, 1.807) is 14.2 Å². The predicted molar refractivity (Wildman–Crippen MR) is 133 cm³/mol. The van der Waals surface area contributed by atoms with Crippen LogP contribution in [0, 0.1) is 0 Å². The maximum Gasteiger partial charge on any atom is 0.337 e. The highest BCUT2D eigenvalue weighted by Crippen LogP contribution is 2.44. The quantitative estimate of drug-likeness (QED) is 0.271. The molecule has 6 rings (SSSR count). The summed E-state index contributed by atoms with van der Waals surface area (Å²) >= 11 is 0. The molecule has 0 N–H and O–H groups in total. The van der Waals surface area contributed by atoms with Crippen molar-refractivity contribution in [2.24, 2.45) is 0 Å². The van der Waals surface area contributed by atoms with Gasteiger partial charge in [-0.15, -0.1) is 0 Å². The van der Waals surface area contributed by atoms with Gasteiger partial charge in [0.15, 0.2) is 35.7 Å². The van der Waals surface area contributed by atoms with Crippen LogP contribution in [0.3, 0.4) is 0 Å². The van der Waals surface area contributed by atoms with E-state index in [-0.39, 0.29) is 29.7 Å². The highest BCUT2D eigenvalue weighted by Gasteiger charge is 2.32. The Bertz CT molecular complexity index is 1520. The molecule has 3 heterocycles. The minimum atomic E-state index is -0.346. The van der Waals surface area contributed by atoms with Gasteiger partial charge in [-0.2, -0.15) is 4.57 Å². The van der Waals surface area contributed by atoms with Crippen molar-refractivity contribution in [1.82, 2.24) is 0 Å². The lowest BCUT2D eigenvalue weighted by molar-refractivity contribution is -0.686. The number of halogens is 1. The Morgan fingerprint density at radius 3 is 2.41 bits per heavy atom. The number of pyridine rings is 1. The molecule has 0 fully saturated rings.